The molecule has 0 aliphatic heterocycles. The van der Waals surface area contributed by atoms with E-state index in [1.165, 1.54) is 6.33 Å². The Kier molecular flexibility index (Phi) is 3.72. The molecule has 0 unspecified atom stereocenters. The second-order valence-electron chi connectivity index (χ2n) is 6.03. The monoisotopic (exact) mass is 347 g/mol. The number of imidazole rings is 1. The van der Waals surface area contributed by atoms with E-state index in [9.17, 15) is 4.79 Å². The summed E-state index contributed by atoms with van der Waals surface area (Å²) in [6, 6.07) is 9.25. The van der Waals surface area contributed by atoms with Gasteiger partial charge in [0.25, 0.3) is 5.91 Å². The van der Waals surface area contributed by atoms with Crippen LogP contribution < -0.4 is 5.32 Å². The molecule has 0 saturated carbocycles. The Hall–Kier alpha value is -3.55. The van der Waals surface area contributed by atoms with E-state index < -0.39 is 0 Å². The first-order chi connectivity index (χ1) is 12.5. The molecular weight excluding hydrogens is 330 g/mol. The lowest BCUT2D eigenvalue weighted by atomic mass is 10.3. The smallest absolute Gasteiger partial charge is 0.275 e. The summed E-state index contributed by atoms with van der Waals surface area (Å²) >= 11 is 0. The summed E-state index contributed by atoms with van der Waals surface area (Å²) in [5, 5.41) is 7.23. The fourth-order valence-electron chi connectivity index (χ4n) is 2.95. The molecular formula is C18H17N7O. The van der Waals surface area contributed by atoms with Crippen molar-refractivity contribution in [2.45, 2.75) is 20.8 Å². The van der Waals surface area contributed by atoms with Gasteiger partial charge in [-0.25, -0.2) is 19.6 Å². The molecule has 0 atom stereocenters. The number of hydrogen-bond donors (Lipinski definition) is 1. The van der Waals surface area contributed by atoms with Crippen LogP contribution in [0.1, 0.15) is 27.6 Å². The SMILES string of the molecule is Cc1cc(C)n(-c2cc(NC(=O)c3c(C)nc4ccccn34)ncn2)n1. The number of aromatic nitrogens is 6. The van der Waals surface area contributed by atoms with Crippen LogP contribution in [0.15, 0.2) is 42.9 Å². The zero-order valence-electron chi connectivity index (χ0n) is 14.6. The Labute approximate surface area is 149 Å². The van der Waals surface area contributed by atoms with Crippen molar-refractivity contribution in [3.63, 3.8) is 0 Å². The molecule has 8 heteroatoms. The Morgan fingerprint density at radius 3 is 2.73 bits per heavy atom. The number of hydrogen-bond acceptors (Lipinski definition) is 5. The predicted octanol–water partition coefficient (Wildman–Crippen LogP) is 2.49. The molecule has 0 saturated heterocycles. The number of amides is 1. The molecule has 4 rings (SSSR count). The van der Waals surface area contributed by atoms with E-state index in [4.69, 9.17) is 0 Å². The number of carbonyl (C=O) groups is 1. The number of carbonyl (C=O) groups excluding carboxylic acids is 1. The molecule has 4 aromatic rings. The van der Waals surface area contributed by atoms with E-state index in [0.717, 1.165) is 17.0 Å². The van der Waals surface area contributed by atoms with Gasteiger partial charge in [0.1, 0.15) is 23.5 Å². The number of fused-ring (bicyclic) bond motifs is 1. The predicted molar refractivity (Wildman–Crippen MR) is 96.5 cm³/mol. The van der Waals surface area contributed by atoms with Gasteiger partial charge in [-0.05, 0) is 39.0 Å². The largest absolute Gasteiger partial charge is 0.305 e. The van der Waals surface area contributed by atoms with Crippen molar-refractivity contribution < 1.29 is 4.79 Å². The highest BCUT2D eigenvalue weighted by molar-refractivity contribution is 6.04. The minimum atomic E-state index is -0.279. The lowest BCUT2D eigenvalue weighted by Crippen LogP contribution is -2.17. The summed E-state index contributed by atoms with van der Waals surface area (Å²) in [7, 11) is 0. The molecule has 0 aromatic carbocycles. The van der Waals surface area contributed by atoms with Crippen molar-refractivity contribution in [3.05, 3.63) is 65.6 Å². The highest BCUT2D eigenvalue weighted by Gasteiger charge is 2.17. The van der Waals surface area contributed by atoms with Crippen molar-refractivity contribution in [1.29, 1.82) is 0 Å². The van der Waals surface area contributed by atoms with Gasteiger partial charge in [-0.1, -0.05) is 6.07 Å². The topological polar surface area (TPSA) is 90.0 Å². The van der Waals surface area contributed by atoms with Crippen LogP contribution in [-0.2, 0) is 0 Å². The molecule has 0 bridgehead atoms. The number of pyridine rings is 1. The van der Waals surface area contributed by atoms with Crippen molar-refractivity contribution in [3.8, 4) is 5.82 Å². The van der Waals surface area contributed by atoms with Crippen LogP contribution >= 0.6 is 0 Å². The zero-order chi connectivity index (χ0) is 18.3. The Morgan fingerprint density at radius 2 is 1.96 bits per heavy atom. The maximum absolute atomic E-state index is 12.8. The Bertz CT molecular complexity index is 1130. The minimum absolute atomic E-state index is 0.279. The third kappa shape index (κ3) is 2.71. The van der Waals surface area contributed by atoms with Crippen LogP contribution in [0, 0.1) is 20.8 Å². The minimum Gasteiger partial charge on any atom is -0.305 e. The van der Waals surface area contributed by atoms with E-state index in [1.54, 1.807) is 15.1 Å². The van der Waals surface area contributed by atoms with Crippen molar-refractivity contribution in [1.82, 2.24) is 29.1 Å². The van der Waals surface area contributed by atoms with Gasteiger partial charge >= 0.3 is 0 Å². The third-order valence-electron chi connectivity index (χ3n) is 4.04. The average molecular weight is 347 g/mol. The molecule has 0 fully saturated rings. The standard InChI is InChI=1S/C18H17N7O/c1-11-8-12(2)25(23-11)16-9-14(19-10-20-16)22-18(26)17-13(3)21-15-6-4-5-7-24(15)17/h4-10H,1-3H3,(H,19,20,22,26). The summed E-state index contributed by atoms with van der Waals surface area (Å²) in [6.45, 7) is 5.67. The van der Waals surface area contributed by atoms with Gasteiger partial charge < -0.3 is 5.32 Å². The summed E-state index contributed by atoms with van der Waals surface area (Å²) in [5.74, 6) is 0.716. The van der Waals surface area contributed by atoms with Crippen LogP contribution in [0.2, 0.25) is 0 Å². The number of rotatable bonds is 3. The Morgan fingerprint density at radius 1 is 1.12 bits per heavy atom. The zero-order valence-corrected chi connectivity index (χ0v) is 14.6. The van der Waals surface area contributed by atoms with E-state index in [1.807, 2.05) is 51.2 Å². The molecule has 4 heterocycles. The second kappa shape index (κ2) is 6.07. The molecule has 26 heavy (non-hydrogen) atoms. The summed E-state index contributed by atoms with van der Waals surface area (Å²) < 4.78 is 3.47. The van der Waals surface area contributed by atoms with Crippen LogP contribution in [0.3, 0.4) is 0 Å². The second-order valence-corrected chi connectivity index (χ2v) is 6.03. The van der Waals surface area contributed by atoms with Gasteiger partial charge in [0.05, 0.1) is 11.4 Å². The highest BCUT2D eigenvalue weighted by Crippen LogP contribution is 2.16. The average Bonchev–Trinajstić information content (AvgIpc) is 3.12. The number of nitrogens with one attached hydrogen (secondary N) is 1. The molecule has 4 aromatic heterocycles. The van der Waals surface area contributed by atoms with Crippen LogP contribution in [0.25, 0.3) is 11.5 Å². The van der Waals surface area contributed by atoms with E-state index in [2.05, 4.69) is 25.4 Å². The summed E-state index contributed by atoms with van der Waals surface area (Å²) in [6.07, 6.45) is 3.22. The molecule has 1 amide bonds. The lowest BCUT2D eigenvalue weighted by molar-refractivity contribution is 0.102. The van der Waals surface area contributed by atoms with Crippen LogP contribution in [0.4, 0.5) is 5.82 Å². The fraction of sp³-hybridized carbons (Fsp3) is 0.167. The Balaban J connectivity index is 1.67. The van der Waals surface area contributed by atoms with Gasteiger partial charge in [-0.15, -0.1) is 0 Å². The molecule has 1 N–H and O–H groups in total. The molecule has 0 aliphatic carbocycles. The number of anilines is 1. The number of nitrogens with zero attached hydrogens (tertiary/aromatic N) is 6. The fourth-order valence-corrected chi connectivity index (χ4v) is 2.95. The molecule has 0 spiro atoms. The van der Waals surface area contributed by atoms with Gasteiger partial charge in [0.2, 0.25) is 0 Å². The van der Waals surface area contributed by atoms with Crippen molar-refractivity contribution in [2.24, 2.45) is 0 Å². The van der Waals surface area contributed by atoms with E-state index in [-0.39, 0.29) is 5.91 Å². The van der Waals surface area contributed by atoms with Crippen LogP contribution in [-0.4, -0.2) is 35.0 Å². The molecule has 130 valence electrons. The molecule has 0 aliphatic rings. The molecule has 0 radical (unpaired) electrons. The highest BCUT2D eigenvalue weighted by atomic mass is 16.2. The quantitative estimate of drug-likeness (QED) is 0.615. The van der Waals surface area contributed by atoms with E-state index in [0.29, 0.717) is 23.0 Å². The van der Waals surface area contributed by atoms with Gasteiger partial charge in [-0.3, -0.25) is 9.20 Å². The maximum Gasteiger partial charge on any atom is 0.275 e. The van der Waals surface area contributed by atoms with Gasteiger partial charge in [0.15, 0.2) is 5.82 Å². The first-order valence-electron chi connectivity index (χ1n) is 8.13. The third-order valence-corrected chi connectivity index (χ3v) is 4.04. The summed E-state index contributed by atoms with van der Waals surface area (Å²) in [5.41, 5.74) is 3.71. The number of aryl methyl sites for hydroxylation is 3. The van der Waals surface area contributed by atoms with Crippen molar-refractivity contribution >= 4 is 17.4 Å². The maximum atomic E-state index is 12.8. The summed E-state index contributed by atoms with van der Waals surface area (Å²) in [4.78, 5) is 25.6. The lowest BCUT2D eigenvalue weighted by Gasteiger charge is -2.07. The first-order valence-corrected chi connectivity index (χ1v) is 8.13. The normalized spacial score (nSPS) is 11.0. The first kappa shape index (κ1) is 15.9. The molecule has 8 nitrogen and oxygen atoms in total. The van der Waals surface area contributed by atoms with E-state index >= 15 is 0 Å². The van der Waals surface area contributed by atoms with Gasteiger partial charge in [0, 0.05) is 18.0 Å². The van der Waals surface area contributed by atoms with Crippen molar-refractivity contribution in [2.75, 3.05) is 5.32 Å². The van der Waals surface area contributed by atoms with Gasteiger partial charge in [-0.2, -0.15) is 5.10 Å². The van der Waals surface area contributed by atoms with Crippen LogP contribution in [0.5, 0.6) is 0 Å².